The van der Waals surface area contributed by atoms with Gasteiger partial charge in [0.25, 0.3) is 5.89 Å². The van der Waals surface area contributed by atoms with Crippen LogP contribution in [0.5, 0.6) is 0 Å². The van der Waals surface area contributed by atoms with Gasteiger partial charge in [-0.2, -0.15) is 4.98 Å². The standard InChI is InChI=1S/C14H19N3O2/c1-11-5-3-6-12(9-11)14-16-13(17-19-14)10-15-7-4-8-18-2/h3,5-6,9,15H,4,7-8,10H2,1-2H3. The fraction of sp³-hybridized carbons (Fsp3) is 0.429. The van der Waals surface area contributed by atoms with Crippen molar-refractivity contribution in [1.82, 2.24) is 15.5 Å². The van der Waals surface area contributed by atoms with Crippen LogP contribution in [0.2, 0.25) is 0 Å². The van der Waals surface area contributed by atoms with Crippen LogP contribution in [0, 0.1) is 6.92 Å². The summed E-state index contributed by atoms with van der Waals surface area (Å²) in [6, 6.07) is 8.02. The minimum Gasteiger partial charge on any atom is -0.385 e. The number of aromatic nitrogens is 2. The fourth-order valence-corrected chi connectivity index (χ4v) is 1.76. The van der Waals surface area contributed by atoms with Gasteiger partial charge in [0.2, 0.25) is 0 Å². The van der Waals surface area contributed by atoms with Crippen molar-refractivity contribution in [1.29, 1.82) is 0 Å². The van der Waals surface area contributed by atoms with E-state index in [0.29, 0.717) is 18.3 Å². The van der Waals surface area contributed by atoms with Crippen molar-refractivity contribution in [2.75, 3.05) is 20.3 Å². The van der Waals surface area contributed by atoms with Crippen molar-refractivity contribution in [2.45, 2.75) is 19.9 Å². The molecule has 102 valence electrons. The molecular weight excluding hydrogens is 242 g/mol. The minimum atomic E-state index is 0.567. The van der Waals surface area contributed by atoms with Crippen LogP contribution in [0.15, 0.2) is 28.8 Å². The van der Waals surface area contributed by atoms with E-state index in [4.69, 9.17) is 9.26 Å². The Labute approximate surface area is 113 Å². The van der Waals surface area contributed by atoms with E-state index in [2.05, 4.69) is 15.5 Å². The third-order valence-electron chi connectivity index (χ3n) is 2.72. The van der Waals surface area contributed by atoms with E-state index in [1.807, 2.05) is 31.2 Å². The van der Waals surface area contributed by atoms with Crippen molar-refractivity contribution in [2.24, 2.45) is 0 Å². The van der Waals surface area contributed by atoms with E-state index < -0.39 is 0 Å². The van der Waals surface area contributed by atoms with Crippen molar-refractivity contribution < 1.29 is 9.26 Å². The van der Waals surface area contributed by atoms with Gasteiger partial charge in [0.15, 0.2) is 5.82 Å². The summed E-state index contributed by atoms with van der Waals surface area (Å²) < 4.78 is 10.2. The predicted octanol–water partition coefficient (Wildman–Crippen LogP) is 2.17. The lowest BCUT2D eigenvalue weighted by molar-refractivity contribution is 0.194. The van der Waals surface area contributed by atoms with Crippen molar-refractivity contribution in [3.8, 4) is 11.5 Å². The third kappa shape index (κ3) is 4.15. The molecule has 0 aliphatic heterocycles. The lowest BCUT2D eigenvalue weighted by Crippen LogP contribution is -2.16. The van der Waals surface area contributed by atoms with Gasteiger partial charge in [-0.25, -0.2) is 0 Å². The van der Waals surface area contributed by atoms with Crippen LogP contribution in [0.25, 0.3) is 11.5 Å². The lowest BCUT2D eigenvalue weighted by atomic mass is 10.1. The molecule has 0 aliphatic carbocycles. The number of methoxy groups -OCH3 is 1. The topological polar surface area (TPSA) is 60.2 Å². The highest BCUT2D eigenvalue weighted by Gasteiger charge is 2.08. The monoisotopic (exact) mass is 261 g/mol. The van der Waals surface area contributed by atoms with E-state index in [9.17, 15) is 0 Å². The molecule has 0 amide bonds. The molecule has 0 aliphatic rings. The van der Waals surface area contributed by atoms with Crippen LogP contribution >= 0.6 is 0 Å². The normalized spacial score (nSPS) is 10.8. The molecular formula is C14H19N3O2. The summed E-state index contributed by atoms with van der Waals surface area (Å²) in [7, 11) is 1.70. The number of nitrogens with one attached hydrogen (secondary N) is 1. The molecule has 0 unspecified atom stereocenters. The highest BCUT2D eigenvalue weighted by atomic mass is 16.5. The van der Waals surface area contributed by atoms with Crippen LogP contribution in [-0.4, -0.2) is 30.4 Å². The molecule has 0 radical (unpaired) electrons. The number of nitrogens with zero attached hydrogens (tertiary/aromatic N) is 2. The molecule has 19 heavy (non-hydrogen) atoms. The van der Waals surface area contributed by atoms with Crippen molar-refractivity contribution in [3.63, 3.8) is 0 Å². The molecule has 0 spiro atoms. The summed E-state index contributed by atoms with van der Waals surface area (Å²) in [4.78, 5) is 4.37. The molecule has 2 aromatic rings. The second-order valence-electron chi connectivity index (χ2n) is 4.41. The Hall–Kier alpha value is -1.72. The number of aryl methyl sites for hydroxylation is 1. The zero-order chi connectivity index (χ0) is 13.5. The van der Waals surface area contributed by atoms with Gasteiger partial charge >= 0.3 is 0 Å². The molecule has 1 heterocycles. The number of hydrogen-bond acceptors (Lipinski definition) is 5. The minimum absolute atomic E-state index is 0.567. The summed E-state index contributed by atoms with van der Waals surface area (Å²) in [5.41, 5.74) is 2.13. The van der Waals surface area contributed by atoms with Crippen LogP contribution in [0.1, 0.15) is 17.8 Å². The zero-order valence-electron chi connectivity index (χ0n) is 11.3. The Balaban J connectivity index is 1.88. The Bertz CT molecular complexity index is 511. The first-order valence-electron chi connectivity index (χ1n) is 6.39. The third-order valence-corrected chi connectivity index (χ3v) is 2.72. The Morgan fingerprint density at radius 3 is 3.05 bits per heavy atom. The molecule has 1 aromatic carbocycles. The molecule has 0 saturated carbocycles. The average Bonchev–Trinajstić information content (AvgIpc) is 2.87. The predicted molar refractivity (Wildman–Crippen MR) is 72.7 cm³/mol. The van der Waals surface area contributed by atoms with Gasteiger partial charge in [-0.3, -0.25) is 0 Å². The Morgan fingerprint density at radius 2 is 2.26 bits per heavy atom. The van der Waals surface area contributed by atoms with Crippen molar-refractivity contribution >= 4 is 0 Å². The van der Waals surface area contributed by atoms with Gasteiger partial charge < -0.3 is 14.6 Å². The van der Waals surface area contributed by atoms with Crippen LogP contribution in [0.3, 0.4) is 0 Å². The van der Waals surface area contributed by atoms with E-state index in [-0.39, 0.29) is 0 Å². The quantitative estimate of drug-likeness (QED) is 0.774. The number of rotatable bonds is 7. The second kappa shape index (κ2) is 7.01. The molecule has 2 rings (SSSR count). The van der Waals surface area contributed by atoms with Crippen molar-refractivity contribution in [3.05, 3.63) is 35.7 Å². The lowest BCUT2D eigenvalue weighted by Gasteiger charge is -2.00. The first-order chi connectivity index (χ1) is 9.29. The maximum absolute atomic E-state index is 5.26. The van der Waals surface area contributed by atoms with E-state index in [0.717, 1.165) is 25.1 Å². The molecule has 1 N–H and O–H groups in total. The molecule has 0 fully saturated rings. The number of benzene rings is 1. The van der Waals surface area contributed by atoms with Gasteiger partial charge in [-0.1, -0.05) is 22.9 Å². The van der Waals surface area contributed by atoms with Gasteiger partial charge in [0, 0.05) is 19.3 Å². The first-order valence-corrected chi connectivity index (χ1v) is 6.39. The summed E-state index contributed by atoms with van der Waals surface area (Å²) in [6.07, 6.45) is 0.971. The highest BCUT2D eigenvalue weighted by Crippen LogP contribution is 2.17. The second-order valence-corrected chi connectivity index (χ2v) is 4.41. The summed E-state index contributed by atoms with van der Waals surface area (Å²) in [6.45, 7) is 4.28. The van der Waals surface area contributed by atoms with Crippen LogP contribution in [-0.2, 0) is 11.3 Å². The van der Waals surface area contributed by atoms with Crippen LogP contribution < -0.4 is 5.32 Å². The largest absolute Gasteiger partial charge is 0.385 e. The molecule has 5 heteroatoms. The van der Waals surface area contributed by atoms with E-state index in [1.54, 1.807) is 7.11 Å². The molecule has 1 aromatic heterocycles. The Morgan fingerprint density at radius 1 is 1.37 bits per heavy atom. The molecule has 0 bridgehead atoms. The maximum atomic E-state index is 5.26. The van der Waals surface area contributed by atoms with E-state index in [1.165, 1.54) is 5.56 Å². The highest BCUT2D eigenvalue weighted by molar-refractivity contribution is 5.53. The summed E-state index contributed by atoms with van der Waals surface area (Å²) in [5.74, 6) is 1.24. The van der Waals surface area contributed by atoms with Gasteiger partial charge in [0.1, 0.15) is 0 Å². The SMILES string of the molecule is COCCCNCc1noc(-c2cccc(C)c2)n1. The maximum Gasteiger partial charge on any atom is 0.257 e. The number of ether oxygens (including phenoxy) is 1. The average molecular weight is 261 g/mol. The molecule has 5 nitrogen and oxygen atoms in total. The summed E-state index contributed by atoms with van der Waals surface area (Å²) in [5, 5.41) is 7.21. The van der Waals surface area contributed by atoms with Gasteiger partial charge in [0.05, 0.1) is 6.54 Å². The van der Waals surface area contributed by atoms with Crippen LogP contribution in [0.4, 0.5) is 0 Å². The Kier molecular flexibility index (Phi) is 5.06. The smallest absolute Gasteiger partial charge is 0.257 e. The zero-order valence-corrected chi connectivity index (χ0v) is 11.3. The van der Waals surface area contributed by atoms with Gasteiger partial charge in [-0.15, -0.1) is 0 Å². The summed E-state index contributed by atoms with van der Waals surface area (Å²) >= 11 is 0. The number of hydrogen-bond donors (Lipinski definition) is 1. The molecule has 0 atom stereocenters. The fourth-order valence-electron chi connectivity index (χ4n) is 1.76. The first kappa shape index (κ1) is 13.7. The molecule has 0 saturated heterocycles. The van der Waals surface area contributed by atoms with E-state index >= 15 is 0 Å². The van der Waals surface area contributed by atoms with Gasteiger partial charge in [-0.05, 0) is 32.0 Å².